The van der Waals surface area contributed by atoms with Crippen LogP contribution in [0.4, 0.5) is 0 Å². The van der Waals surface area contributed by atoms with E-state index in [1.54, 1.807) is 41.5 Å². The second-order valence-electron chi connectivity index (χ2n) is 16.4. The molecule has 0 spiro atoms. The van der Waals surface area contributed by atoms with Gasteiger partial charge in [-0.05, 0) is 55.3 Å². The van der Waals surface area contributed by atoms with Gasteiger partial charge in [-0.15, -0.1) is 0 Å². The monoisotopic (exact) mass is 794 g/mol. The van der Waals surface area contributed by atoms with Gasteiger partial charge < -0.3 is 48.1 Å². The maximum atomic E-state index is 13.9. The summed E-state index contributed by atoms with van der Waals surface area (Å²) in [6.45, 7) is 17.6. The smallest absolute Gasteiger partial charge is 0.305 e. The highest BCUT2D eigenvalue weighted by Crippen LogP contribution is 2.15. The molecule has 56 heavy (non-hydrogen) atoms. The molecule has 0 saturated carbocycles. The van der Waals surface area contributed by atoms with Crippen LogP contribution in [0.25, 0.3) is 0 Å². The van der Waals surface area contributed by atoms with Crippen LogP contribution in [0.5, 0.6) is 0 Å². The molecule has 1 rings (SSSR count). The quantitative estimate of drug-likeness (QED) is 0.113. The molecule has 1 aliphatic rings. The molecule has 1 saturated heterocycles. The van der Waals surface area contributed by atoms with Crippen LogP contribution >= 0.6 is 0 Å². The Balaban J connectivity index is 3.96. The zero-order valence-corrected chi connectivity index (χ0v) is 34.6. The molecule has 0 aromatic carbocycles. The highest BCUT2D eigenvalue weighted by molar-refractivity contribution is 5.99. The fourth-order valence-corrected chi connectivity index (χ4v) is 6.13. The van der Waals surface area contributed by atoms with Gasteiger partial charge in [0.05, 0.1) is 6.42 Å². The first-order valence-electron chi connectivity index (χ1n) is 19.6. The van der Waals surface area contributed by atoms with Crippen LogP contribution in [0.15, 0.2) is 0 Å². The fraction of sp³-hybridized carbons (Fsp3) is 0.763. The Hall–Kier alpha value is -4.77. The van der Waals surface area contributed by atoms with Crippen LogP contribution in [-0.4, -0.2) is 101 Å². The maximum absolute atomic E-state index is 13.9. The summed E-state index contributed by atoms with van der Waals surface area (Å²) in [5.74, 6) is -9.40. The number of carbonyl (C=O) groups is 9. The Morgan fingerprint density at radius 2 is 0.875 bits per heavy atom. The average Bonchev–Trinajstić information content (AvgIpc) is 3.07. The van der Waals surface area contributed by atoms with Crippen LogP contribution in [-0.2, 0) is 43.2 Å². The molecule has 1 heterocycles. The van der Waals surface area contributed by atoms with E-state index in [0.717, 1.165) is 0 Å². The summed E-state index contributed by atoms with van der Waals surface area (Å²) in [5.41, 5.74) is 5.40. The number of amides is 8. The molecule has 18 heteroatoms. The Labute approximate surface area is 330 Å². The lowest BCUT2D eigenvalue weighted by atomic mass is 9.96. The van der Waals surface area contributed by atoms with Crippen molar-refractivity contribution >= 4 is 53.2 Å². The van der Waals surface area contributed by atoms with Crippen molar-refractivity contribution in [3.05, 3.63) is 0 Å². The molecule has 18 nitrogen and oxygen atoms in total. The van der Waals surface area contributed by atoms with Gasteiger partial charge in [-0.2, -0.15) is 0 Å². The van der Waals surface area contributed by atoms with Gasteiger partial charge in [-0.25, -0.2) is 0 Å². The second-order valence-corrected chi connectivity index (χ2v) is 16.4. The largest absolute Gasteiger partial charge is 0.481 e. The first-order chi connectivity index (χ1) is 26.0. The Kier molecular flexibility index (Phi) is 20.5. The molecule has 8 amide bonds. The number of rotatable bonds is 14. The van der Waals surface area contributed by atoms with Crippen LogP contribution in [0, 0.1) is 29.6 Å². The molecular weight excluding hydrogens is 728 g/mol. The van der Waals surface area contributed by atoms with Gasteiger partial charge in [0.1, 0.15) is 42.3 Å². The number of aliphatic carboxylic acids is 1. The van der Waals surface area contributed by atoms with Crippen LogP contribution in [0.1, 0.15) is 114 Å². The molecule has 0 aliphatic carbocycles. The lowest BCUT2D eigenvalue weighted by Crippen LogP contribution is -2.61. The minimum atomic E-state index is -1.67. The lowest BCUT2D eigenvalue weighted by molar-refractivity contribution is -0.142. The number of carboxylic acids is 1. The number of hydrogen-bond donors (Lipinski definition) is 9. The van der Waals surface area contributed by atoms with Gasteiger partial charge in [-0.1, -0.05) is 75.7 Å². The summed E-state index contributed by atoms with van der Waals surface area (Å²) in [7, 11) is 0. The summed E-state index contributed by atoms with van der Waals surface area (Å²) in [6, 6.07) is -9.26. The van der Waals surface area contributed by atoms with E-state index in [9.17, 15) is 48.3 Å². The molecule has 0 unspecified atom stereocenters. The zero-order valence-electron chi connectivity index (χ0n) is 34.6. The van der Waals surface area contributed by atoms with E-state index < -0.39 is 114 Å². The van der Waals surface area contributed by atoms with E-state index in [2.05, 4.69) is 37.2 Å². The normalized spacial score (nSPS) is 26.0. The predicted octanol–water partition coefficient (Wildman–Crippen LogP) is -0.0258. The van der Waals surface area contributed by atoms with E-state index >= 15 is 0 Å². The Morgan fingerprint density at radius 1 is 0.536 bits per heavy atom. The zero-order chi connectivity index (χ0) is 43.0. The molecule has 0 aromatic heterocycles. The average molecular weight is 795 g/mol. The molecule has 1 fully saturated rings. The summed E-state index contributed by atoms with van der Waals surface area (Å²) in [5, 5.41) is 27.9. The molecule has 318 valence electrons. The van der Waals surface area contributed by atoms with Crippen LogP contribution < -0.4 is 43.0 Å². The standard InChI is InChI=1S/C38H66N8O10/c1-11-22(10)31-38(56)40-23(12-13-28(39)47)32(50)41-24(14-18(2)3)33(51)42-25(15-19(4)5)35(53)45-30(21(8)9)37(55)44-27(17-29(48)49)34(52)43-26(16-20(6)7)36(54)46-31/h18-27,30-31H,11-17H2,1-10H3,(H2,39,47)(H,40,56)(H,41,50)(H,42,51)(H,43,52)(H,44,55)(H,45,53)(H,46,54)(H,48,49)/t22-,23-,24-,25-,26-,27-,30-,31-/m0/s1. The van der Waals surface area contributed by atoms with Crippen molar-refractivity contribution in [2.24, 2.45) is 35.3 Å². The van der Waals surface area contributed by atoms with Crippen molar-refractivity contribution in [3.63, 3.8) is 0 Å². The highest BCUT2D eigenvalue weighted by Gasteiger charge is 2.37. The number of primary amides is 1. The molecule has 0 radical (unpaired) electrons. The first kappa shape index (κ1) is 49.2. The van der Waals surface area contributed by atoms with Crippen molar-refractivity contribution in [3.8, 4) is 0 Å². The van der Waals surface area contributed by atoms with Crippen LogP contribution in [0.2, 0.25) is 0 Å². The molecule has 0 bridgehead atoms. The Bertz CT molecular complexity index is 1420. The van der Waals surface area contributed by atoms with Crippen molar-refractivity contribution in [1.82, 2.24) is 37.2 Å². The maximum Gasteiger partial charge on any atom is 0.305 e. The summed E-state index contributed by atoms with van der Waals surface area (Å²) in [6.07, 6.45) is -0.705. The van der Waals surface area contributed by atoms with Gasteiger partial charge in [0.25, 0.3) is 0 Å². The van der Waals surface area contributed by atoms with Gasteiger partial charge in [0.15, 0.2) is 0 Å². The third-order valence-corrected chi connectivity index (χ3v) is 9.38. The van der Waals surface area contributed by atoms with E-state index in [1.807, 2.05) is 27.7 Å². The van der Waals surface area contributed by atoms with E-state index in [0.29, 0.717) is 6.42 Å². The minimum absolute atomic E-state index is 0.0595. The van der Waals surface area contributed by atoms with Gasteiger partial charge in [0, 0.05) is 6.42 Å². The predicted molar refractivity (Wildman–Crippen MR) is 207 cm³/mol. The topological polar surface area (TPSA) is 284 Å². The van der Waals surface area contributed by atoms with Crippen molar-refractivity contribution in [2.45, 2.75) is 156 Å². The van der Waals surface area contributed by atoms with E-state index in [4.69, 9.17) is 5.73 Å². The summed E-state index contributed by atoms with van der Waals surface area (Å²) < 4.78 is 0. The van der Waals surface area contributed by atoms with E-state index in [-0.39, 0.29) is 49.9 Å². The van der Waals surface area contributed by atoms with Gasteiger partial charge >= 0.3 is 5.97 Å². The third-order valence-electron chi connectivity index (χ3n) is 9.38. The minimum Gasteiger partial charge on any atom is -0.481 e. The number of nitrogens with one attached hydrogen (secondary N) is 7. The fourth-order valence-electron chi connectivity index (χ4n) is 6.13. The second kappa shape index (κ2) is 23.3. The number of carbonyl (C=O) groups excluding carboxylic acids is 8. The Morgan fingerprint density at radius 3 is 1.25 bits per heavy atom. The molecular formula is C38H66N8O10. The lowest BCUT2D eigenvalue weighted by Gasteiger charge is -2.30. The van der Waals surface area contributed by atoms with Gasteiger partial charge in [-0.3, -0.25) is 43.2 Å². The molecule has 10 N–H and O–H groups in total. The molecule has 0 aromatic rings. The SMILES string of the molecule is CC[C@H](C)[C@@H]1NC(=O)[C@H](CC(C)C)NC(=O)[C@H](CC(=O)O)NC(=O)[C@H](C(C)C)NC(=O)[C@H](CC(C)C)NC(=O)[C@H](CC(C)C)NC(=O)[C@H](CCC(N)=O)NC1=O. The first-order valence-corrected chi connectivity index (χ1v) is 19.6. The van der Waals surface area contributed by atoms with Crippen LogP contribution in [0.3, 0.4) is 0 Å². The van der Waals surface area contributed by atoms with Crippen molar-refractivity contribution < 1.29 is 48.3 Å². The molecule has 8 atom stereocenters. The number of nitrogens with two attached hydrogens (primary N) is 1. The van der Waals surface area contributed by atoms with Crippen molar-refractivity contribution in [2.75, 3.05) is 0 Å². The molecule has 1 aliphatic heterocycles. The number of hydrogen-bond acceptors (Lipinski definition) is 9. The highest BCUT2D eigenvalue weighted by atomic mass is 16.4. The summed E-state index contributed by atoms with van der Waals surface area (Å²) in [4.78, 5) is 120. The third kappa shape index (κ3) is 16.9. The van der Waals surface area contributed by atoms with E-state index in [1.165, 1.54) is 0 Å². The number of carboxylic acid groups (broad SMARTS) is 1. The summed E-state index contributed by atoms with van der Waals surface area (Å²) >= 11 is 0. The van der Waals surface area contributed by atoms with Crippen molar-refractivity contribution in [1.29, 1.82) is 0 Å². The van der Waals surface area contributed by atoms with Gasteiger partial charge in [0.2, 0.25) is 47.3 Å².